The number of aromatic nitrogens is 2. The summed E-state index contributed by atoms with van der Waals surface area (Å²) in [4.78, 5) is 25.5. The van der Waals surface area contributed by atoms with Crippen LogP contribution in [-0.2, 0) is 16.6 Å². The first-order valence-electron chi connectivity index (χ1n) is 7.25. The lowest BCUT2D eigenvalue weighted by molar-refractivity contribution is -0.171. The molecule has 10 heteroatoms. The van der Waals surface area contributed by atoms with Crippen molar-refractivity contribution in [3.8, 4) is 0 Å². The lowest BCUT2D eigenvalue weighted by Crippen LogP contribution is -2.64. The molecule has 7 nitrogen and oxygen atoms in total. The van der Waals surface area contributed by atoms with Gasteiger partial charge < -0.3 is 9.64 Å². The fourth-order valence-corrected chi connectivity index (χ4v) is 2.26. The van der Waals surface area contributed by atoms with Crippen molar-refractivity contribution in [3.05, 3.63) is 12.4 Å². The van der Waals surface area contributed by atoms with Crippen LogP contribution >= 0.6 is 0 Å². The van der Waals surface area contributed by atoms with E-state index in [2.05, 4.69) is 5.10 Å². The van der Waals surface area contributed by atoms with Gasteiger partial charge in [0.15, 0.2) is 0 Å². The molecule has 0 atom stereocenters. The van der Waals surface area contributed by atoms with Gasteiger partial charge in [0.05, 0.1) is 17.9 Å². The number of likely N-dealkylation sites (tertiary alicyclic amines) is 1. The highest BCUT2D eigenvalue weighted by atomic mass is 19.4. The van der Waals surface area contributed by atoms with Gasteiger partial charge in [-0.2, -0.15) is 18.3 Å². The number of nitrogens with zero attached hydrogens (tertiary/aromatic N) is 4. The van der Waals surface area contributed by atoms with Gasteiger partial charge in [0.2, 0.25) is 0 Å². The number of anilines is 1. The van der Waals surface area contributed by atoms with Gasteiger partial charge >= 0.3 is 18.2 Å². The van der Waals surface area contributed by atoms with Gasteiger partial charge in [0, 0.05) is 26.3 Å². The summed E-state index contributed by atoms with van der Waals surface area (Å²) in [6, 6.07) is -0.782. The predicted molar refractivity (Wildman–Crippen MR) is 78.3 cm³/mol. The van der Waals surface area contributed by atoms with Crippen LogP contribution in [0.5, 0.6) is 0 Å². The first kappa shape index (κ1) is 18.1. The number of alkyl halides is 3. The number of amides is 2. The van der Waals surface area contributed by atoms with Gasteiger partial charge in [0.1, 0.15) is 5.60 Å². The predicted octanol–water partition coefficient (Wildman–Crippen LogP) is 1.93. The monoisotopic (exact) mass is 348 g/mol. The molecule has 0 spiro atoms. The number of aryl methyl sites for hydroxylation is 1. The van der Waals surface area contributed by atoms with Crippen molar-refractivity contribution in [2.24, 2.45) is 7.05 Å². The lowest BCUT2D eigenvalue weighted by Gasteiger charge is -2.44. The minimum Gasteiger partial charge on any atom is -0.444 e. The second-order valence-electron chi connectivity index (χ2n) is 6.58. The molecule has 1 saturated heterocycles. The third-order valence-corrected chi connectivity index (χ3v) is 3.31. The van der Waals surface area contributed by atoms with E-state index in [4.69, 9.17) is 4.74 Å². The third kappa shape index (κ3) is 3.98. The summed E-state index contributed by atoms with van der Waals surface area (Å²) in [5, 5.41) is 3.80. The van der Waals surface area contributed by atoms with Crippen LogP contribution in [0.2, 0.25) is 0 Å². The summed E-state index contributed by atoms with van der Waals surface area (Å²) in [7, 11) is 1.54. The smallest absolute Gasteiger partial charge is 0.444 e. The van der Waals surface area contributed by atoms with E-state index in [1.54, 1.807) is 20.8 Å². The molecule has 0 radical (unpaired) electrons. The molecule has 1 aromatic rings. The number of ether oxygens (including phenoxy) is 1. The highest BCUT2D eigenvalue weighted by molar-refractivity contribution is 5.98. The quantitative estimate of drug-likeness (QED) is 0.819. The van der Waals surface area contributed by atoms with E-state index in [9.17, 15) is 22.8 Å². The van der Waals surface area contributed by atoms with E-state index in [0.29, 0.717) is 4.90 Å². The van der Waals surface area contributed by atoms with Crippen LogP contribution in [0, 0.1) is 0 Å². The van der Waals surface area contributed by atoms with Crippen molar-refractivity contribution in [2.75, 3.05) is 18.0 Å². The molecule has 24 heavy (non-hydrogen) atoms. The van der Waals surface area contributed by atoms with Gasteiger partial charge in [-0.1, -0.05) is 0 Å². The Morgan fingerprint density at radius 2 is 1.88 bits per heavy atom. The largest absolute Gasteiger partial charge is 0.471 e. The zero-order valence-electron chi connectivity index (χ0n) is 13.8. The number of hydrogen-bond donors (Lipinski definition) is 0. The van der Waals surface area contributed by atoms with Gasteiger partial charge in [-0.25, -0.2) is 4.79 Å². The average molecular weight is 348 g/mol. The average Bonchev–Trinajstić information content (AvgIpc) is 2.75. The number of carbonyl (C=O) groups is 2. The molecule has 0 N–H and O–H groups in total. The highest BCUT2D eigenvalue weighted by Crippen LogP contribution is 2.29. The maximum Gasteiger partial charge on any atom is 0.471 e. The molecule has 1 aromatic heterocycles. The summed E-state index contributed by atoms with van der Waals surface area (Å²) >= 11 is 0. The van der Waals surface area contributed by atoms with Crippen molar-refractivity contribution in [3.63, 3.8) is 0 Å². The van der Waals surface area contributed by atoms with E-state index in [-0.39, 0.29) is 18.8 Å². The number of hydrogen-bond acceptors (Lipinski definition) is 4. The molecule has 0 aliphatic carbocycles. The highest BCUT2D eigenvalue weighted by Gasteiger charge is 2.49. The molecule has 2 heterocycles. The minimum atomic E-state index is -5.01. The van der Waals surface area contributed by atoms with Crippen LogP contribution in [0.4, 0.5) is 23.7 Å². The topological polar surface area (TPSA) is 67.7 Å². The molecule has 134 valence electrons. The zero-order chi connectivity index (χ0) is 18.3. The van der Waals surface area contributed by atoms with Crippen molar-refractivity contribution in [2.45, 2.75) is 38.6 Å². The third-order valence-electron chi connectivity index (χ3n) is 3.31. The summed E-state index contributed by atoms with van der Waals surface area (Å²) in [5.41, 5.74) is -0.666. The molecule has 1 aliphatic heterocycles. The van der Waals surface area contributed by atoms with Crippen molar-refractivity contribution >= 4 is 17.7 Å². The zero-order valence-corrected chi connectivity index (χ0v) is 13.8. The van der Waals surface area contributed by atoms with Crippen LogP contribution in [0.3, 0.4) is 0 Å². The van der Waals surface area contributed by atoms with Crippen LogP contribution in [-0.4, -0.2) is 57.6 Å². The Morgan fingerprint density at radius 1 is 1.29 bits per heavy atom. The standard InChI is InChI=1S/C14H19F3N4O3/c1-13(2,3)24-12(23)20-7-10(8-20)21(11(22)14(15,16)17)9-5-18-19(4)6-9/h5-6,10H,7-8H2,1-4H3. The Bertz CT molecular complexity index is 630. The molecule has 2 amide bonds. The molecule has 2 rings (SSSR count). The molecular formula is C14H19F3N4O3. The van der Waals surface area contributed by atoms with Crippen LogP contribution in [0.25, 0.3) is 0 Å². The van der Waals surface area contributed by atoms with Crippen LogP contribution in [0.15, 0.2) is 12.4 Å². The molecule has 1 aliphatic rings. The number of rotatable bonds is 2. The SMILES string of the molecule is Cn1cc(N(C(=O)C(F)(F)F)C2CN(C(=O)OC(C)(C)C)C2)cn1. The maximum atomic E-state index is 12.9. The maximum absolute atomic E-state index is 12.9. The second kappa shape index (κ2) is 5.99. The molecule has 0 unspecified atom stereocenters. The van der Waals surface area contributed by atoms with E-state index in [0.717, 1.165) is 0 Å². The number of carbonyl (C=O) groups excluding carboxylic acids is 2. The second-order valence-corrected chi connectivity index (χ2v) is 6.58. The fraction of sp³-hybridized carbons (Fsp3) is 0.643. The Morgan fingerprint density at radius 3 is 2.29 bits per heavy atom. The van der Waals surface area contributed by atoms with Crippen molar-refractivity contribution in [1.82, 2.24) is 14.7 Å². The van der Waals surface area contributed by atoms with E-state index >= 15 is 0 Å². The van der Waals surface area contributed by atoms with Crippen molar-refractivity contribution in [1.29, 1.82) is 0 Å². The Hall–Kier alpha value is -2.26. The van der Waals surface area contributed by atoms with Crippen LogP contribution in [0.1, 0.15) is 20.8 Å². The molecule has 1 fully saturated rings. The molecule has 0 aromatic carbocycles. The molecule has 0 saturated carbocycles. The van der Waals surface area contributed by atoms with Crippen LogP contribution < -0.4 is 4.90 Å². The lowest BCUT2D eigenvalue weighted by atomic mass is 10.1. The first-order chi connectivity index (χ1) is 10.9. The summed E-state index contributed by atoms with van der Waals surface area (Å²) in [5.74, 6) is -1.98. The summed E-state index contributed by atoms with van der Waals surface area (Å²) in [6.45, 7) is 5.00. The minimum absolute atomic E-state index is 0.0358. The number of halogens is 3. The normalized spacial score (nSPS) is 15.9. The summed E-state index contributed by atoms with van der Waals surface area (Å²) < 4.78 is 45.1. The van der Waals surface area contributed by atoms with Gasteiger partial charge in [-0.05, 0) is 20.8 Å². The van der Waals surface area contributed by atoms with Gasteiger partial charge in [-0.15, -0.1) is 0 Å². The Balaban J connectivity index is 2.11. The fourth-order valence-electron chi connectivity index (χ4n) is 2.26. The summed E-state index contributed by atoms with van der Waals surface area (Å²) in [6.07, 6.45) is -3.13. The van der Waals surface area contributed by atoms with Crippen molar-refractivity contribution < 1.29 is 27.5 Å². The Labute approximate surface area is 137 Å². The van der Waals surface area contributed by atoms with Gasteiger partial charge in [0.25, 0.3) is 0 Å². The van der Waals surface area contributed by atoms with E-state index in [1.165, 1.54) is 29.0 Å². The van der Waals surface area contributed by atoms with E-state index in [1.807, 2.05) is 0 Å². The van der Waals surface area contributed by atoms with E-state index < -0.39 is 29.8 Å². The molecule has 0 bridgehead atoms. The van der Waals surface area contributed by atoms with Gasteiger partial charge in [-0.3, -0.25) is 14.4 Å². The first-order valence-corrected chi connectivity index (χ1v) is 7.25. The molecular weight excluding hydrogens is 329 g/mol. The Kier molecular flexibility index (Phi) is 4.51.